The molecule has 14 nitrogen and oxygen atoms in total. The lowest BCUT2D eigenvalue weighted by molar-refractivity contribution is -0.605. The second-order valence-corrected chi connectivity index (χ2v) is 20.5. The first-order chi connectivity index (χ1) is 34.0. The van der Waals surface area contributed by atoms with E-state index in [0.29, 0.717) is 70.2 Å². The minimum absolute atomic E-state index is 0.0377. The van der Waals surface area contributed by atoms with Crippen LogP contribution in [0.4, 0.5) is 0 Å². The number of phenols is 8. The van der Waals surface area contributed by atoms with Crippen LogP contribution in [-0.2, 0) is 0 Å². The molecule has 72 heavy (non-hydrogen) atoms. The van der Waals surface area contributed by atoms with Crippen molar-refractivity contribution < 1.29 is 55.0 Å². The number of pyridine rings is 3. The molecule has 0 fully saturated rings. The lowest BCUT2D eigenvalue weighted by Crippen LogP contribution is -2.23. The van der Waals surface area contributed by atoms with Crippen molar-refractivity contribution in [3.8, 4) is 46.0 Å². The summed E-state index contributed by atoms with van der Waals surface area (Å²) in [6.45, 7) is 13.4. The third-order valence-corrected chi connectivity index (χ3v) is 15.6. The molecular formula is C54H57Br4N3O11. The van der Waals surface area contributed by atoms with Crippen LogP contribution in [-0.4, -0.2) is 40.9 Å². The van der Waals surface area contributed by atoms with Crippen molar-refractivity contribution in [2.45, 2.75) is 97.8 Å². The SMILES string of the molecule is CCC1c2cc(c(O)c(Br)c2O)C(CC)c2cc(c(O)c(Br)c2O)C(CC)c2cc(c(O)c(Br)c2O)C(CC)c2cc1c(O)c(Br)c2O.Cc1cc[n+]([O-])cc1.Cc1cc[n+]([O-])cc1.Cc1cc[n+]([O-])cc1. The van der Waals surface area contributed by atoms with Gasteiger partial charge in [0.1, 0.15) is 63.9 Å². The first-order valence-electron chi connectivity index (χ1n) is 23.0. The summed E-state index contributed by atoms with van der Waals surface area (Å²) in [5, 5.41) is 123. The van der Waals surface area contributed by atoms with Gasteiger partial charge in [0, 0.05) is 105 Å². The van der Waals surface area contributed by atoms with E-state index in [0.717, 1.165) is 30.9 Å². The average Bonchev–Trinajstić information content (AvgIpc) is 3.36. The third-order valence-electron chi connectivity index (χ3n) is 12.6. The number of aryl methyl sites for hydroxylation is 3. The minimum Gasteiger partial charge on any atom is -0.619 e. The Morgan fingerprint density at radius 2 is 0.472 bits per heavy atom. The van der Waals surface area contributed by atoms with Gasteiger partial charge in [0.05, 0.1) is 0 Å². The monoisotopic (exact) mass is 1240 g/mol. The number of hydrogen-bond acceptors (Lipinski definition) is 11. The van der Waals surface area contributed by atoms with Gasteiger partial charge in [-0.3, -0.25) is 0 Å². The van der Waals surface area contributed by atoms with Crippen LogP contribution in [0, 0.1) is 36.4 Å². The molecule has 0 unspecified atom stereocenters. The Kier molecular flexibility index (Phi) is 19.5. The van der Waals surface area contributed by atoms with Gasteiger partial charge >= 0.3 is 0 Å². The van der Waals surface area contributed by atoms with E-state index < -0.39 is 23.7 Å². The zero-order valence-corrected chi connectivity index (χ0v) is 46.9. The lowest BCUT2D eigenvalue weighted by Gasteiger charge is -2.29. The molecule has 382 valence electrons. The summed E-state index contributed by atoms with van der Waals surface area (Å²) in [7, 11) is 0. The summed E-state index contributed by atoms with van der Waals surface area (Å²) >= 11 is 13.5. The van der Waals surface area contributed by atoms with Gasteiger partial charge in [-0.05, 0) is 151 Å². The largest absolute Gasteiger partial charge is 0.619 e. The number of halogens is 4. The fourth-order valence-corrected chi connectivity index (χ4v) is 10.5. The fourth-order valence-electron chi connectivity index (χ4n) is 8.70. The van der Waals surface area contributed by atoms with Gasteiger partial charge in [0.15, 0.2) is 37.2 Å². The normalized spacial score (nSPS) is 15.7. The molecule has 1 aliphatic carbocycles. The smallest absolute Gasteiger partial charge is 0.180 e. The summed E-state index contributed by atoms with van der Waals surface area (Å²) in [6, 6.07) is 17.3. The van der Waals surface area contributed by atoms with E-state index in [1.807, 2.05) is 48.5 Å². The second kappa shape index (κ2) is 24.6. The zero-order valence-electron chi connectivity index (χ0n) is 40.5. The van der Waals surface area contributed by atoms with Crippen molar-refractivity contribution in [2.24, 2.45) is 0 Å². The van der Waals surface area contributed by atoms with Gasteiger partial charge in [-0.2, -0.15) is 14.2 Å². The number of aromatic hydroxyl groups is 8. The molecule has 0 spiro atoms. The summed E-state index contributed by atoms with van der Waals surface area (Å²) in [6.07, 6.45) is 10.4. The number of phenolic OH excluding ortho intramolecular Hbond substituents is 8. The van der Waals surface area contributed by atoms with Crippen molar-refractivity contribution in [3.63, 3.8) is 0 Å². The summed E-state index contributed by atoms with van der Waals surface area (Å²) in [5.74, 6) is -4.43. The predicted octanol–water partition coefficient (Wildman–Crippen LogP) is 12.7. The van der Waals surface area contributed by atoms with E-state index in [9.17, 15) is 56.5 Å². The van der Waals surface area contributed by atoms with Crippen molar-refractivity contribution in [2.75, 3.05) is 0 Å². The van der Waals surface area contributed by atoms with Crippen LogP contribution in [0.2, 0.25) is 0 Å². The maximum absolute atomic E-state index is 11.5. The Morgan fingerprint density at radius 3 is 0.583 bits per heavy atom. The van der Waals surface area contributed by atoms with Crippen LogP contribution in [0.25, 0.3) is 0 Å². The number of benzene rings is 4. The molecule has 7 aromatic rings. The molecule has 3 heterocycles. The van der Waals surface area contributed by atoms with Crippen LogP contribution in [0.5, 0.6) is 46.0 Å². The van der Waals surface area contributed by atoms with E-state index in [4.69, 9.17) is 0 Å². The number of hydrogen-bond donors (Lipinski definition) is 8. The highest BCUT2D eigenvalue weighted by Crippen LogP contribution is 2.57. The number of aromatic nitrogens is 3. The zero-order chi connectivity index (χ0) is 53.5. The molecule has 1 aliphatic rings. The lowest BCUT2D eigenvalue weighted by atomic mass is 9.77. The highest BCUT2D eigenvalue weighted by Gasteiger charge is 2.35. The molecule has 8 rings (SSSR count). The minimum atomic E-state index is -0.643. The van der Waals surface area contributed by atoms with E-state index in [2.05, 4.69) is 63.7 Å². The molecule has 0 atom stereocenters. The van der Waals surface area contributed by atoms with Gasteiger partial charge in [-0.15, -0.1) is 0 Å². The molecule has 3 aromatic heterocycles. The number of fused-ring (bicyclic) bond motifs is 8. The van der Waals surface area contributed by atoms with Crippen molar-refractivity contribution in [1.29, 1.82) is 0 Å². The predicted molar refractivity (Wildman–Crippen MR) is 289 cm³/mol. The van der Waals surface area contributed by atoms with Crippen LogP contribution < -0.4 is 14.2 Å². The molecule has 8 N–H and O–H groups in total. The van der Waals surface area contributed by atoms with Gasteiger partial charge in [-0.25, -0.2) is 0 Å². The van der Waals surface area contributed by atoms with E-state index in [-0.39, 0.29) is 63.9 Å². The van der Waals surface area contributed by atoms with Crippen LogP contribution >= 0.6 is 63.7 Å². The first kappa shape index (κ1) is 57.0. The quantitative estimate of drug-likeness (QED) is 0.0609. The Bertz CT molecular complexity index is 2470. The van der Waals surface area contributed by atoms with Crippen LogP contribution in [0.3, 0.4) is 0 Å². The standard InChI is InChI=1S/C36H36Br4O8.3C6H7NO/c1-5-13-17-9-19(31(43)25(37)29(17)41)14(6-2)21-11-23(35(47)27(39)33(21)45)16(8-4)24-12-22(34(46)28(40)36(24)48)15(7-3)20-10-18(13)30(42)26(38)32(20)44;3*1-6-2-4-7(8)5-3-6/h9-16,41-48H,5-8H2,1-4H3;3*2-5H,1H3. The Morgan fingerprint density at radius 1 is 0.333 bits per heavy atom. The molecule has 0 saturated heterocycles. The van der Waals surface area contributed by atoms with Crippen molar-refractivity contribution in [3.05, 3.63) is 193 Å². The Balaban J connectivity index is 0.000000322. The molecule has 0 radical (unpaired) electrons. The van der Waals surface area contributed by atoms with Gasteiger partial charge in [0.25, 0.3) is 0 Å². The topological polar surface area (TPSA) is 243 Å². The molecule has 4 aromatic carbocycles. The summed E-state index contributed by atoms with van der Waals surface area (Å²) in [4.78, 5) is 0. The average molecular weight is 1240 g/mol. The molecule has 8 bridgehead atoms. The van der Waals surface area contributed by atoms with Crippen molar-refractivity contribution in [1.82, 2.24) is 0 Å². The van der Waals surface area contributed by atoms with Gasteiger partial charge in [-0.1, -0.05) is 27.7 Å². The molecule has 0 saturated carbocycles. The first-order valence-corrected chi connectivity index (χ1v) is 26.1. The van der Waals surface area contributed by atoms with Gasteiger partial charge < -0.3 is 56.5 Å². The highest BCUT2D eigenvalue weighted by atomic mass is 79.9. The van der Waals surface area contributed by atoms with Gasteiger partial charge in [0.2, 0.25) is 0 Å². The van der Waals surface area contributed by atoms with Crippen molar-refractivity contribution >= 4 is 63.7 Å². The summed E-state index contributed by atoms with van der Waals surface area (Å²) < 4.78 is 2.46. The second-order valence-electron chi connectivity index (χ2n) is 17.3. The molecule has 0 amide bonds. The third kappa shape index (κ3) is 12.3. The molecule has 0 aliphatic heterocycles. The molecular weight excluding hydrogens is 1190 g/mol. The number of nitrogens with zero attached hydrogens (tertiary/aromatic N) is 3. The summed E-state index contributed by atoms with van der Waals surface area (Å²) in [5.41, 5.74) is 6.41. The Hall–Kier alpha value is -5.95. The number of rotatable bonds is 4. The fraction of sp³-hybridized carbons (Fsp3) is 0.278. The maximum atomic E-state index is 11.5. The highest BCUT2D eigenvalue weighted by molar-refractivity contribution is 9.11. The Labute approximate surface area is 452 Å². The van der Waals surface area contributed by atoms with E-state index in [1.54, 1.807) is 60.7 Å². The van der Waals surface area contributed by atoms with E-state index >= 15 is 0 Å². The van der Waals surface area contributed by atoms with E-state index in [1.165, 1.54) is 37.2 Å². The van der Waals surface area contributed by atoms with Crippen LogP contribution in [0.1, 0.15) is 138 Å². The molecule has 18 heteroatoms. The van der Waals surface area contributed by atoms with Crippen LogP contribution in [0.15, 0.2) is 116 Å². The maximum Gasteiger partial charge on any atom is 0.180 e.